The Bertz CT molecular complexity index is 334. The van der Waals surface area contributed by atoms with E-state index in [1.807, 2.05) is 13.0 Å². The van der Waals surface area contributed by atoms with Crippen LogP contribution in [0.1, 0.15) is 19.8 Å². The molecule has 1 aliphatic rings. The fourth-order valence-corrected chi connectivity index (χ4v) is 1.89. The predicted molar refractivity (Wildman–Crippen MR) is 65.3 cm³/mol. The van der Waals surface area contributed by atoms with Crippen LogP contribution in [-0.4, -0.2) is 37.0 Å². The van der Waals surface area contributed by atoms with Gasteiger partial charge in [-0.25, -0.2) is 0 Å². The molecule has 1 atom stereocenters. The topological polar surface area (TPSA) is 46.6 Å². The van der Waals surface area contributed by atoms with Gasteiger partial charge >= 0.3 is 5.97 Å². The molecule has 4 heteroatoms. The molecular weight excluding hydrogens is 218 g/mol. The van der Waals surface area contributed by atoms with Gasteiger partial charge < -0.3 is 9.64 Å². The second-order valence-corrected chi connectivity index (χ2v) is 4.03. The predicted octanol–water partition coefficient (Wildman–Crippen LogP) is 1.53. The van der Waals surface area contributed by atoms with Crippen molar-refractivity contribution in [2.24, 2.45) is 5.92 Å². The number of esters is 1. The van der Waals surface area contributed by atoms with Crippen molar-refractivity contribution in [2.45, 2.75) is 19.8 Å². The molecule has 0 radical (unpaired) electrons. The van der Waals surface area contributed by atoms with Crippen molar-refractivity contribution in [2.75, 3.05) is 20.2 Å². The maximum atomic E-state index is 11.8. The van der Waals surface area contributed by atoms with Crippen LogP contribution in [0.4, 0.5) is 0 Å². The molecule has 0 bridgehead atoms. The number of rotatable bonds is 3. The van der Waals surface area contributed by atoms with Crippen LogP contribution in [0.2, 0.25) is 0 Å². The quantitative estimate of drug-likeness (QED) is 0.425. The van der Waals surface area contributed by atoms with Crippen LogP contribution in [-0.2, 0) is 14.3 Å². The minimum Gasteiger partial charge on any atom is -0.469 e. The number of allylic oxidation sites excluding steroid dienone is 3. The van der Waals surface area contributed by atoms with Gasteiger partial charge in [0.05, 0.1) is 13.0 Å². The summed E-state index contributed by atoms with van der Waals surface area (Å²) in [5.74, 6) is -0.440. The molecule has 17 heavy (non-hydrogen) atoms. The van der Waals surface area contributed by atoms with E-state index in [0.717, 1.165) is 12.8 Å². The van der Waals surface area contributed by atoms with Gasteiger partial charge in [-0.3, -0.25) is 9.59 Å². The highest BCUT2D eigenvalue weighted by Crippen LogP contribution is 2.17. The summed E-state index contributed by atoms with van der Waals surface area (Å²) in [6.07, 6.45) is 8.55. The molecule has 1 amide bonds. The Kier molecular flexibility index (Phi) is 5.46. The van der Waals surface area contributed by atoms with Crippen molar-refractivity contribution in [3.05, 3.63) is 24.3 Å². The minimum atomic E-state index is -0.222. The number of likely N-dealkylation sites (tertiary alicyclic amines) is 1. The second-order valence-electron chi connectivity index (χ2n) is 4.03. The summed E-state index contributed by atoms with van der Waals surface area (Å²) in [4.78, 5) is 24.9. The van der Waals surface area contributed by atoms with E-state index in [1.165, 1.54) is 13.2 Å². The lowest BCUT2D eigenvalue weighted by Crippen LogP contribution is -2.41. The Hall–Kier alpha value is -1.58. The zero-order chi connectivity index (χ0) is 12.7. The fourth-order valence-electron chi connectivity index (χ4n) is 1.89. The number of piperidine rings is 1. The molecule has 0 aliphatic carbocycles. The zero-order valence-electron chi connectivity index (χ0n) is 10.4. The summed E-state index contributed by atoms with van der Waals surface area (Å²) < 4.78 is 4.71. The number of carbonyl (C=O) groups is 2. The van der Waals surface area contributed by atoms with E-state index in [9.17, 15) is 9.59 Å². The molecule has 94 valence electrons. The van der Waals surface area contributed by atoms with Gasteiger partial charge in [0, 0.05) is 19.2 Å². The van der Waals surface area contributed by atoms with Crippen molar-refractivity contribution < 1.29 is 14.3 Å². The summed E-state index contributed by atoms with van der Waals surface area (Å²) in [6, 6.07) is 0. The molecule has 1 heterocycles. The third kappa shape index (κ3) is 4.06. The lowest BCUT2D eigenvalue weighted by Gasteiger charge is -2.30. The highest BCUT2D eigenvalue weighted by molar-refractivity contribution is 5.88. The molecule has 1 saturated heterocycles. The largest absolute Gasteiger partial charge is 0.469 e. The van der Waals surface area contributed by atoms with E-state index in [0.29, 0.717) is 13.1 Å². The third-order valence-corrected chi connectivity index (χ3v) is 2.81. The van der Waals surface area contributed by atoms with E-state index in [4.69, 9.17) is 4.74 Å². The summed E-state index contributed by atoms with van der Waals surface area (Å²) >= 11 is 0. The summed E-state index contributed by atoms with van der Waals surface area (Å²) in [6.45, 7) is 3.07. The van der Waals surface area contributed by atoms with Gasteiger partial charge in [-0.2, -0.15) is 0 Å². The highest BCUT2D eigenvalue weighted by Gasteiger charge is 2.27. The van der Waals surface area contributed by atoms with Crippen molar-refractivity contribution in [1.82, 2.24) is 4.90 Å². The molecule has 0 saturated carbocycles. The van der Waals surface area contributed by atoms with Crippen LogP contribution in [0, 0.1) is 5.92 Å². The van der Waals surface area contributed by atoms with E-state index >= 15 is 0 Å². The number of carbonyl (C=O) groups excluding carboxylic acids is 2. The Morgan fingerprint density at radius 2 is 2.12 bits per heavy atom. The van der Waals surface area contributed by atoms with Crippen LogP contribution in [0.3, 0.4) is 0 Å². The van der Waals surface area contributed by atoms with Gasteiger partial charge in [0.2, 0.25) is 5.91 Å². The van der Waals surface area contributed by atoms with Crippen molar-refractivity contribution >= 4 is 11.9 Å². The molecule has 0 aromatic heterocycles. The number of hydrogen-bond acceptors (Lipinski definition) is 3. The van der Waals surface area contributed by atoms with Crippen LogP contribution in [0.5, 0.6) is 0 Å². The molecule has 1 aliphatic heterocycles. The van der Waals surface area contributed by atoms with Crippen LogP contribution >= 0.6 is 0 Å². The van der Waals surface area contributed by atoms with Crippen molar-refractivity contribution in [1.29, 1.82) is 0 Å². The highest BCUT2D eigenvalue weighted by atomic mass is 16.5. The summed E-state index contributed by atoms with van der Waals surface area (Å²) in [5, 5.41) is 0. The molecule has 1 unspecified atom stereocenters. The first-order chi connectivity index (χ1) is 8.19. The fraction of sp³-hybridized carbons (Fsp3) is 0.538. The minimum absolute atomic E-state index is 0.0447. The zero-order valence-corrected chi connectivity index (χ0v) is 10.4. The van der Waals surface area contributed by atoms with Crippen molar-refractivity contribution in [3.63, 3.8) is 0 Å². The first-order valence-electron chi connectivity index (χ1n) is 5.85. The number of ether oxygens (including phenoxy) is 1. The molecular formula is C13H19NO3. The maximum Gasteiger partial charge on any atom is 0.310 e. The van der Waals surface area contributed by atoms with E-state index < -0.39 is 0 Å². The molecule has 4 nitrogen and oxygen atoms in total. The van der Waals surface area contributed by atoms with Crippen LogP contribution < -0.4 is 0 Å². The monoisotopic (exact) mass is 237 g/mol. The molecule has 1 rings (SSSR count). The van der Waals surface area contributed by atoms with Crippen LogP contribution in [0.15, 0.2) is 24.3 Å². The molecule has 0 aromatic rings. The molecule has 0 aromatic carbocycles. The average molecular weight is 237 g/mol. The Morgan fingerprint density at radius 1 is 1.35 bits per heavy atom. The summed E-state index contributed by atoms with van der Waals surface area (Å²) in [7, 11) is 1.38. The lowest BCUT2D eigenvalue weighted by atomic mass is 9.98. The first-order valence-corrected chi connectivity index (χ1v) is 5.85. The standard InChI is InChI=1S/C13H19NO3/c1-3-4-5-8-12(15)14-9-6-7-11(10-14)13(16)17-2/h3-5,8,11H,6-7,9-10H2,1-2H3/b4-3?,8-5+. The Labute approximate surface area is 102 Å². The van der Waals surface area contributed by atoms with Gasteiger partial charge in [-0.1, -0.05) is 18.2 Å². The lowest BCUT2D eigenvalue weighted by molar-refractivity contribution is -0.148. The maximum absolute atomic E-state index is 11.8. The molecule has 0 spiro atoms. The number of methoxy groups -OCH3 is 1. The first kappa shape index (κ1) is 13.5. The summed E-state index contributed by atoms with van der Waals surface area (Å²) in [5.41, 5.74) is 0. The smallest absolute Gasteiger partial charge is 0.310 e. The number of amides is 1. The normalized spacial score (nSPS) is 21.1. The Morgan fingerprint density at radius 3 is 2.76 bits per heavy atom. The van der Waals surface area contributed by atoms with Crippen molar-refractivity contribution in [3.8, 4) is 0 Å². The van der Waals surface area contributed by atoms with Gasteiger partial charge in [-0.05, 0) is 19.8 Å². The van der Waals surface area contributed by atoms with E-state index in [2.05, 4.69) is 0 Å². The van der Waals surface area contributed by atoms with E-state index in [-0.39, 0.29) is 17.8 Å². The second kappa shape index (κ2) is 6.89. The SMILES string of the molecule is CC=C/C=C/C(=O)N1CCCC(C(=O)OC)C1. The van der Waals surface area contributed by atoms with E-state index in [1.54, 1.807) is 17.1 Å². The average Bonchev–Trinajstić information content (AvgIpc) is 2.38. The van der Waals surface area contributed by atoms with Crippen LogP contribution in [0.25, 0.3) is 0 Å². The Balaban J connectivity index is 2.54. The third-order valence-electron chi connectivity index (χ3n) is 2.81. The number of nitrogens with zero attached hydrogens (tertiary/aromatic N) is 1. The number of hydrogen-bond donors (Lipinski definition) is 0. The van der Waals surface area contributed by atoms with Gasteiger partial charge in [0.25, 0.3) is 0 Å². The molecule has 1 fully saturated rings. The molecule has 0 N–H and O–H groups in total. The van der Waals surface area contributed by atoms with Gasteiger partial charge in [0.15, 0.2) is 0 Å². The van der Waals surface area contributed by atoms with Gasteiger partial charge in [-0.15, -0.1) is 0 Å². The van der Waals surface area contributed by atoms with Gasteiger partial charge in [0.1, 0.15) is 0 Å².